The van der Waals surface area contributed by atoms with Crippen LogP contribution in [0.3, 0.4) is 0 Å². The van der Waals surface area contributed by atoms with Crippen LogP contribution in [-0.4, -0.2) is 38.7 Å². The van der Waals surface area contributed by atoms with E-state index >= 15 is 0 Å². The molecule has 1 aromatic carbocycles. The summed E-state index contributed by atoms with van der Waals surface area (Å²) in [5, 5.41) is 9.32. The van der Waals surface area contributed by atoms with Crippen molar-refractivity contribution in [3.8, 4) is 0 Å². The van der Waals surface area contributed by atoms with E-state index in [-0.39, 0.29) is 22.4 Å². The van der Waals surface area contributed by atoms with Crippen molar-refractivity contribution in [2.75, 3.05) is 17.6 Å². The van der Waals surface area contributed by atoms with Gasteiger partial charge in [-0.2, -0.15) is 5.10 Å². The lowest BCUT2D eigenvalue weighted by Gasteiger charge is -2.24. The number of hydrogen-bond acceptors (Lipinski definition) is 7. The second-order valence-corrected chi connectivity index (χ2v) is 10.9. The van der Waals surface area contributed by atoms with Gasteiger partial charge in [0.15, 0.2) is 0 Å². The van der Waals surface area contributed by atoms with Gasteiger partial charge in [-0.15, -0.1) is 11.3 Å². The van der Waals surface area contributed by atoms with Crippen molar-refractivity contribution in [1.29, 1.82) is 0 Å². The highest BCUT2D eigenvalue weighted by Crippen LogP contribution is 2.56. The van der Waals surface area contributed by atoms with E-state index in [9.17, 15) is 9.18 Å². The smallest absolute Gasteiger partial charge is 0.261 e. The molecule has 11 heteroatoms. The van der Waals surface area contributed by atoms with Crippen LogP contribution >= 0.6 is 22.9 Å². The van der Waals surface area contributed by atoms with Gasteiger partial charge >= 0.3 is 0 Å². The first-order valence-electron chi connectivity index (χ1n) is 11.5. The number of ether oxygens (including phenoxy) is 1. The van der Waals surface area contributed by atoms with Gasteiger partial charge in [-0.25, -0.2) is 14.4 Å². The summed E-state index contributed by atoms with van der Waals surface area (Å²) in [6.45, 7) is 0.669. The van der Waals surface area contributed by atoms with E-state index in [1.165, 1.54) is 29.5 Å². The van der Waals surface area contributed by atoms with Crippen LogP contribution in [0.15, 0.2) is 34.1 Å². The first-order valence-corrected chi connectivity index (χ1v) is 12.8. The zero-order chi connectivity index (χ0) is 24.3. The summed E-state index contributed by atoms with van der Waals surface area (Å²) >= 11 is 7.40. The van der Waals surface area contributed by atoms with Gasteiger partial charge in [-0.1, -0.05) is 11.6 Å². The third-order valence-electron chi connectivity index (χ3n) is 7.49. The molecule has 2 atom stereocenters. The molecule has 3 aromatic rings. The summed E-state index contributed by atoms with van der Waals surface area (Å²) in [4.78, 5) is 22.2. The van der Waals surface area contributed by atoms with Gasteiger partial charge in [0.2, 0.25) is 5.90 Å². The van der Waals surface area contributed by atoms with Crippen LogP contribution in [0.5, 0.6) is 0 Å². The molecule has 6 rings (SSSR count). The fourth-order valence-corrected chi connectivity index (χ4v) is 6.67. The van der Waals surface area contributed by atoms with Crippen molar-refractivity contribution < 1.29 is 13.9 Å². The number of anilines is 2. The number of halogens is 2. The van der Waals surface area contributed by atoms with E-state index in [0.29, 0.717) is 47.0 Å². The summed E-state index contributed by atoms with van der Waals surface area (Å²) in [6, 6.07) is 4.06. The molecule has 0 saturated heterocycles. The van der Waals surface area contributed by atoms with Crippen LogP contribution in [0, 0.1) is 17.7 Å². The Hall–Kier alpha value is -2.98. The maximum Gasteiger partial charge on any atom is 0.261 e. The van der Waals surface area contributed by atoms with E-state index in [2.05, 4.69) is 20.4 Å². The van der Waals surface area contributed by atoms with Gasteiger partial charge in [0.25, 0.3) is 5.91 Å². The lowest BCUT2D eigenvalue weighted by Crippen LogP contribution is -2.31. The first-order chi connectivity index (χ1) is 16.8. The molecule has 2 fully saturated rings. The maximum absolute atomic E-state index is 13.5. The van der Waals surface area contributed by atoms with Gasteiger partial charge in [0.1, 0.15) is 28.5 Å². The Balaban J connectivity index is 1.17. The molecule has 1 amide bonds. The molecule has 8 nitrogen and oxygen atoms in total. The Kier molecular flexibility index (Phi) is 5.33. The Morgan fingerprint density at radius 1 is 1.34 bits per heavy atom. The number of carbonyl (C=O) groups is 1. The molecule has 0 radical (unpaired) electrons. The quantitative estimate of drug-likeness (QED) is 0.528. The number of fused-ring (bicyclic) bond motifs is 1. The number of carbonyl (C=O) groups excluding carboxylic acids is 1. The molecule has 3 heterocycles. The highest BCUT2D eigenvalue weighted by atomic mass is 35.5. The highest BCUT2D eigenvalue weighted by Gasteiger charge is 2.54. The number of nitrogens with one attached hydrogen (secondary N) is 1. The number of nitrogens with zero attached hydrogens (tertiary/aromatic N) is 4. The van der Waals surface area contributed by atoms with Crippen molar-refractivity contribution in [1.82, 2.24) is 14.8 Å². The molecule has 2 unspecified atom stereocenters. The molecular formula is C24H24ClFN6O2S. The number of benzene rings is 1. The van der Waals surface area contributed by atoms with Gasteiger partial charge in [-0.05, 0) is 55.7 Å². The minimum atomic E-state index is -0.545. The van der Waals surface area contributed by atoms with Crippen LogP contribution in [-0.2, 0) is 11.8 Å². The third kappa shape index (κ3) is 3.88. The molecule has 35 heavy (non-hydrogen) atoms. The van der Waals surface area contributed by atoms with Gasteiger partial charge in [0.05, 0.1) is 22.8 Å². The predicted molar refractivity (Wildman–Crippen MR) is 133 cm³/mol. The Morgan fingerprint density at radius 3 is 2.80 bits per heavy atom. The SMILES string of the molecule is Cn1nc(C2CC3CC4(CN=C(c5cscn5)O4)CC3C2)c(C(=O)Nc2ccc(F)c(Cl)c2)c1N. The number of aryl methyl sites for hydroxylation is 1. The zero-order valence-corrected chi connectivity index (χ0v) is 20.6. The van der Waals surface area contributed by atoms with E-state index in [1.54, 1.807) is 17.2 Å². The van der Waals surface area contributed by atoms with Crippen molar-refractivity contribution in [2.24, 2.45) is 23.9 Å². The topological polar surface area (TPSA) is 107 Å². The van der Waals surface area contributed by atoms with Crippen molar-refractivity contribution in [3.05, 3.63) is 56.9 Å². The monoisotopic (exact) mass is 514 g/mol. The lowest BCUT2D eigenvalue weighted by molar-refractivity contribution is 0.0849. The summed E-state index contributed by atoms with van der Waals surface area (Å²) in [5.41, 5.74) is 10.1. The van der Waals surface area contributed by atoms with E-state index in [1.807, 2.05) is 5.38 Å². The van der Waals surface area contributed by atoms with Crippen LogP contribution < -0.4 is 11.1 Å². The molecule has 3 aliphatic rings. The van der Waals surface area contributed by atoms with Crippen LogP contribution in [0.1, 0.15) is 53.3 Å². The maximum atomic E-state index is 13.5. The Bertz CT molecular complexity index is 1330. The number of rotatable bonds is 4. The zero-order valence-electron chi connectivity index (χ0n) is 19.0. The molecule has 2 aliphatic carbocycles. The van der Waals surface area contributed by atoms with Gasteiger partial charge < -0.3 is 15.8 Å². The molecule has 2 aromatic heterocycles. The average molecular weight is 515 g/mol. The standard InChI is InChI=1S/C24H24ClFN6O2S/c1-32-21(27)19(22(33)30-15-2-3-17(26)16(25)6-15)20(31-32)12-4-13-7-24(8-14(13)5-12)10-28-23(34-24)18-9-35-11-29-18/h2-3,6,9,11-14H,4-5,7-8,10,27H2,1H3,(H,30,33). The fraction of sp³-hybridized carbons (Fsp3) is 0.417. The first kappa shape index (κ1) is 22.5. The van der Waals surface area contributed by atoms with E-state index < -0.39 is 5.82 Å². The van der Waals surface area contributed by atoms with E-state index in [0.717, 1.165) is 31.4 Å². The molecule has 3 N–H and O–H groups in total. The summed E-state index contributed by atoms with van der Waals surface area (Å²) < 4.78 is 21.4. The molecule has 182 valence electrons. The highest BCUT2D eigenvalue weighted by molar-refractivity contribution is 7.07. The van der Waals surface area contributed by atoms with Crippen LogP contribution in [0.4, 0.5) is 15.9 Å². The number of aromatic nitrogens is 3. The number of hydrogen-bond donors (Lipinski definition) is 2. The predicted octanol–water partition coefficient (Wildman–Crippen LogP) is 4.62. The summed E-state index contributed by atoms with van der Waals surface area (Å²) in [5.74, 6) is 1.11. The lowest BCUT2D eigenvalue weighted by atomic mass is 9.91. The summed E-state index contributed by atoms with van der Waals surface area (Å²) in [7, 11) is 1.73. The third-order valence-corrected chi connectivity index (χ3v) is 8.37. The van der Waals surface area contributed by atoms with Gasteiger partial charge in [0, 0.05) is 24.0 Å². The normalized spacial score (nSPS) is 27.2. The van der Waals surface area contributed by atoms with Gasteiger partial charge in [-0.3, -0.25) is 9.48 Å². The Morgan fingerprint density at radius 2 is 2.11 bits per heavy atom. The number of nitrogen functional groups attached to an aromatic ring is 1. The van der Waals surface area contributed by atoms with Crippen molar-refractivity contribution in [2.45, 2.75) is 37.2 Å². The second kappa shape index (κ2) is 8.30. The fourth-order valence-electron chi connectivity index (χ4n) is 5.97. The number of thiazole rings is 1. The van der Waals surface area contributed by atoms with Crippen LogP contribution in [0.2, 0.25) is 5.02 Å². The van der Waals surface area contributed by atoms with E-state index in [4.69, 9.17) is 22.1 Å². The number of amides is 1. The summed E-state index contributed by atoms with van der Waals surface area (Å²) in [6.07, 6.45) is 3.70. The average Bonchev–Trinajstić information content (AvgIpc) is 3.62. The van der Waals surface area contributed by atoms with Crippen molar-refractivity contribution >= 4 is 46.2 Å². The minimum absolute atomic E-state index is 0.0595. The molecular weight excluding hydrogens is 491 g/mol. The molecule has 1 spiro atoms. The number of aliphatic imine (C=N–C) groups is 1. The molecule has 0 bridgehead atoms. The Labute approximate surface area is 210 Å². The molecule has 1 aliphatic heterocycles. The minimum Gasteiger partial charge on any atom is -0.468 e. The number of nitrogens with two attached hydrogens (primary N) is 1. The van der Waals surface area contributed by atoms with Crippen molar-refractivity contribution in [3.63, 3.8) is 0 Å². The largest absolute Gasteiger partial charge is 0.468 e. The second-order valence-electron chi connectivity index (χ2n) is 9.73. The van der Waals surface area contributed by atoms with Crippen LogP contribution in [0.25, 0.3) is 0 Å². The molecule has 2 saturated carbocycles.